The summed E-state index contributed by atoms with van der Waals surface area (Å²) in [5.74, 6) is 1.22. The first kappa shape index (κ1) is 14.8. The van der Waals surface area contributed by atoms with Gasteiger partial charge in [-0.15, -0.1) is 0 Å². The number of piperidine rings is 1. The Morgan fingerprint density at radius 2 is 1.95 bits per heavy atom. The van der Waals surface area contributed by atoms with Gasteiger partial charge in [0.25, 0.3) is 0 Å². The van der Waals surface area contributed by atoms with Crippen LogP contribution in [-0.2, 0) is 9.53 Å². The summed E-state index contributed by atoms with van der Waals surface area (Å²) in [6.07, 6.45) is 2.32. The van der Waals surface area contributed by atoms with E-state index in [4.69, 9.17) is 10.5 Å². The quantitative estimate of drug-likeness (QED) is 0.828. The van der Waals surface area contributed by atoms with Gasteiger partial charge in [0.1, 0.15) is 0 Å². The number of hydrogen-bond donors (Lipinski definition) is 1. The van der Waals surface area contributed by atoms with E-state index in [1.54, 1.807) is 0 Å². The molecule has 0 aromatic carbocycles. The van der Waals surface area contributed by atoms with Crippen LogP contribution in [0, 0.1) is 17.8 Å². The molecule has 2 aliphatic rings. The molecule has 110 valence electrons. The van der Waals surface area contributed by atoms with Crippen LogP contribution in [0.1, 0.15) is 40.5 Å². The second kappa shape index (κ2) is 5.80. The smallest absolute Gasteiger partial charge is 0.228 e. The molecular formula is C15H28N2O2. The maximum absolute atomic E-state index is 12.8. The highest BCUT2D eigenvalue weighted by Gasteiger charge is 2.44. The van der Waals surface area contributed by atoms with E-state index >= 15 is 0 Å². The predicted octanol–water partition coefficient (Wildman–Crippen LogP) is 1.63. The number of nitrogens with two attached hydrogens (primary N) is 1. The van der Waals surface area contributed by atoms with Crippen molar-refractivity contribution in [3.05, 3.63) is 0 Å². The van der Waals surface area contributed by atoms with Crippen molar-refractivity contribution in [3.8, 4) is 0 Å². The summed E-state index contributed by atoms with van der Waals surface area (Å²) < 4.78 is 5.81. The maximum atomic E-state index is 12.8. The lowest BCUT2D eigenvalue weighted by Crippen LogP contribution is -2.52. The SMILES string of the molecule is CC1CCN(C(=O)C2C(C)OC(C)C2C)C(CN)C1. The van der Waals surface area contributed by atoms with Crippen LogP contribution < -0.4 is 5.73 Å². The maximum Gasteiger partial charge on any atom is 0.228 e. The molecule has 0 saturated carbocycles. The summed E-state index contributed by atoms with van der Waals surface area (Å²) in [6.45, 7) is 9.88. The van der Waals surface area contributed by atoms with Gasteiger partial charge < -0.3 is 15.4 Å². The van der Waals surface area contributed by atoms with E-state index < -0.39 is 0 Å². The van der Waals surface area contributed by atoms with Gasteiger partial charge in [-0.2, -0.15) is 0 Å². The second-order valence-corrected chi connectivity index (χ2v) is 6.48. The van der Waals surface area contributed by atoms with Gasteiger partial charge in [-0.1, -0.05) is 13.8 Å². The standard InChI is InChI=1S/C15H28N2O2/c1-9-5-6-17(13(7-9)8-16)15(18)14-10(2)11(3)19-12(14)4/h9-14H,5-8,16H2,1-4H3. The van der Waals surface area contributed by atoms with E-state index in [1.807, 2.05) is 11.8 Å². The van der Waals surface area contributed by atoms with Crippen LogP contribution in [0.5, 0.6) is 0 Å². The number of rotatable bonds is 2. The molecule has 2 heterocycles. The van der Waals surface area contributed by atoms with Crippen LogP contribution in [0.25, 0.3) is 0 Å². The molecule has 6 unspecified atom stereocenters. The molecule has 0 bridgehead atoms. The molecule has 0 radical (unpaired) electrons. The largest absolute Gasteiger partial charge is 0.374 e. The summed E-state index contributed by atoms with van der Waals surface area (Å²) in [7, 11) is 0. The van der Waals surface area contributed by atoms with Gasteiger partial charge >= 0.3 is 0 Å². The van der Waals surface area contributed by atoms with Gasteiger partial charge in [0.2, 0.25) is 5.91 Å². The Bertz CT molecular complexity index is 334. The minimum absolute atomic E-state index is 0.00236. The Hall–Kier alpha value is -0.610. The number of amides is 1. The molecule has 0 aromatic rings. The Kier molecular flexibility index (Phi) is 4.51. The molecule has 2 N–H and O–H groups in total. The van der Waals surface area contributed by atoms with Crippen LogP contribution in [0.2, 0.25) is 0 Å². The third kappa shape index (κ3) is 2.79. The van der Waals surface area contributed by atoms with Crippen LogP contribution in [-0.4, -0.2) is 42.1 Å². The topological polar surface area (TPSA) is 55.6 Å². The van der Waals surface area contributed by atoms with Gasteiger partial charge in [0, 0.05) is 19.1 Å². The van der Waals surface area contributed by atoms with Crippen molar-refractivity contribution >= 4 is 5.91 Å². The number of nitrogens with zero attached hydrogens (tertiary/aromatic N) is 1. The van der Waals surface area contributed by atoms with Crippen LogP contribution in [0.3, 0.4) is 0 Å². The molecule has 0 aromatic heterocycles. The average Bonchev–Trinajstić information content (AvgIpc) is 2.62. The third-order valence-corrected chi connectivity index (χ3v) is 5.06. The molecule has 2 aliphatic heterocycles. The Morgan fingerprint density at radius 3 is 2.47 bits per heavy atom. The first-order valence-corrected chi connectivity index (χ1v) is 7.61. The Morgan fingerprint density at radius 1 is 1.26 bits per heavy atom. The lowest BCUT2D eigenvalue weighted by Gasteiger charge is -2.40. The molecule has 2 fully saturated rings. The van der Waals surface area contributed by atoms with Crippen molar-refractivity contribution < 1.29 is 9.53 Å². The van der Waals surface area contributed by atoms with Crippen LogP contribution in [0.4, 0.5) is 0 Å². The Balaban J connectivity index is 2.10. The van der Waals surface area contributed by atoms with Crippen molar-refractivity contribution in [3.63, 3.8) is 0 Å². The second-order valence-electron chi connectivity index (χ2n) is 6.48. The molecule has 6 atom stereocenters. The normalized spacial score (nSPS) is 43.5. The van der Waals surface area contributed by atoms with Crippen LogP contribution in [0.15, 0.2) is 0 Å². The highest BCUT2D eigenvalue weighted by Crippen LogP contribution is 2.35. The lowest BCUT2D eigenvalue weighted by atomic mass is 9.85. The molecule has 2 saturated heterocycles. The van der Waals surface area contributed by atoms with E-state index in [2.05, 4.69) is 20.8 Å². The van der Waals surface area contributed by atoms with Gasteiger partial charge in [-0.05, 0) is 38.5 Å². The minimum atomic E-state index is -0.00236. The number of likely N-dealkylation sites (tertiary alicyclic amines) is 1. The number of carbonyl (C=O) groups is 1. The monoisotopic (exact) mass is 268 g/mol. The minimum Gasteiger partial charge on any atom is -0.374 e. The summed E-state index contributed by atoms with van der Waals surface area (Å²) in [4.78, 5) is 14.9. The van der Waals surface area contributed by atoms with Gasteiger partial charge in [0.15, 0.2) is 0 Å². The van der Waals surface area contributed by atoms with E-state index in [9.17, 15) is 4.79 Å². The summed E-state index contributed by atoms with van der Waals surface area (Å²) in [6, 6.07) is 0.214. The van der Waals surface area contributed by atoms with Crippen molar-refractivity contribution in [1.29, 1.82) is 0 Å². The van der Waals surface area contributed by atoms with Crippen molar-refractivity contribution in [2.24, 2.45) is 23.5 Å². The molecule has 0 spiro atoms. The Labute approximate surface area is 116 Å². The van der Waals surface area contributed by atoms with Gasteiger partial charge in [0.05, 0.1) is 18.1 Å². The van der Waals surface area contributed by atoms with E-state index in [0.29, 0.717) is 18.4 Å². The number of ether oxygens (including phenoxy) is 1. The van der Waals surface area contributed by atoms with E-state index in [0.717, 1.165) is 19.4 Å². The van der Waals surface area contributed by atoms with E-state index in [1.165, 1.54) is 0 Å². The highest BCUT2D eigenvalue weighted by atomic mass is 16.5. The fraction of sp³-hybridized carbons (Fsp3) is 0.933. The third-order valence-electron chi connectivity index (χ3n) is 5.06. The zero-order chi connectivity index (χ0) is 14.2. The summed E-state index contributed by atoms with van der Waals surface area (Å²) in [5.41, 5.74) is 5.86. The molecule has 2 rings (SSSR count). The zero-order valence-electron chi connectivity index (χ0n) is 12.6. The average molecular weight is 268 g/mol. The van der Waals surface area contributed by atoms with Crippen molar-refractivity contribution in [2.75, 3.05) is 13.1 Å². The zero-order valence-corrected chi connectivity index (χ0v) is 12.6. The fourth-order valence-electron chi connectivity index (χ4n) is 3.65. The molecule has 4 heteroatoms. The van der Waals surface area contributed by atoms with E-state index in [-0.39, 0.29) is 30.1 Å². The molecular weight excluding hydrogens is 240 g/mol. The molecule has 4 nitrogen and oxygen atoms in total. The molecule has 0 aliphatic carbocycles. The molecule has 19 heavy (non-hydrogen) atoms. The first-order chi connectivity index (χ1) is 8.95. The number of carbonyl (C=O) groups excluding carboxylic acids is 1. The van der Waals surface area contributed by atoms with Gasteiger partial charge in [-0.3, -0.25) is 4.79 Å². The van der Waals surface area contributed by atoms with Crippen LogP contribution >= 0.6 is 0 Å². The lowest BCUT2D eigenvalue weighted by molar-refractivity contribution is -0.142. The number of hydrogen-bond acceptors (Lipinski definition) is 3. The summed E-state index contributed by atoms with van der Waals surface area (Å²) >= 11 is 0. The highest BCUT2D eigenvalue weighted by molar-refractivity contribution is 5.80. The molecule has 1 amide bonds. The summed E-state index contributed by atoms with van der Waals surface area (Å²) in [5, 5.41) is 0. The van der Waals surface area contributed by atoms with Gasteiger partial charge in [-0.25, -0.2) is 0 Å². The fourth-order valence-corrected chi connectivity index (χ4v) is 3.65. The van der Waals surface area contributed by atoms with Crippen molar-refractivity contribution in [1.82, 2.24) is 4.90 Å². The predicted molar refractivity (Wildman–Crippen MR) is 75.6 cm³/mol. The first-order valence-electron chi connectivity index (χ1n) is 7.61. The van der Waals surface area contributed by atoms with Crippen molar-refractivity contribution in [2.45, 2.75) is 58.8 Å².